The van der Waals surface area contributed by atoms with Crippen LogP contribution in [0.5, 0.6) is 5.75 Å². The number of nitrogens with zero attached hydrogens (tertiary/aromatic N) is 2. The van der Waals surface area contributed by atoms with Crippen LogP contribution in [0.1, 0.15) is 25.3 Å². The first-order valence-electron chi connectivity index (χ1n) is 8.99. The van der Waals surface area contributed by atoms with Gasteiger partial charge in [0.15, 0.2) is 0 Å². The second-order valence-electron chi connectivity index (χ2n) is 6.98. The van der Waals surface area contributed by atoms with E-state index in [2.05, 4.69) is 29.3 Å². The Balaban J connectivity index is 1.90. The second kappa shape index (κ2) is 7.54. The zero-order chi connectivity index (χ0) is 18.0. The van der Waals surface area contributed by atoms with Crippen molar-refractivity contribution < 1.29 is 9.84 Å². The van der Waals surface area contributed by atoms with Crippen LogP contribution in [-0.4, -0.2) is 49.1 Å². The lowest BCUT2D eigenvalue weighted by Gasteiger charge is -2.51. The summed E-state index contributed by atoms with van der Waals surface area (Å²) in [6, 6.07) is 5.84. The number of allylic oxidation sites excluding steroid dienone is 1. The van der Waals surface area contributed by atoms with Crippen LogP contribution in [-0.2, 0) is 0 Å². The molecule has 3 heterocycles. The van der Waals surface area contributed by atoms with Crippen LogP contribution in [0.4, 0.5) is 5.69 Å². The van der Waals surface area contributed by atoms with Crippen LogP contribution in [0.3, 0.4) is 0 Å². The van der Waals surface area contributed by atoms with E-state index in [0.717, 1.165) is 42.1 Å². The summed E-state index contributed by atoms with van der Waals surface area (Å²) in [7, 11) is 1.65. The molecule has 3 aliphatic heterocycles. The molecular formula is C21H28N2O2. The van der Waals surface area contributed by atoms with E-state index in [1.807, 2.05) is 31.2 Å². The third-order valence-corrected chi connectivity index (χ3v) is 5.83. The van der Waals surface area contributed by atoms with E-state index in [-0.39, 0.29) is 6.04 Å². The smallest absolute Gasteiger partial charge is 0.119 e. The molecule has 3 aliphatic rings. The van der Waals surface area contributed by atoms with Gasteiger partial charge in [0.25, 0.3) is 0 Å². The Hall–Kier alpha value is -1.91. The lowest BCUT2D eigenvalue weighted by Crippen LogP contribution is -2.57. The minimum absolute atomic E-state index is 0.144. The number of hydrogen-bond acceptors (Lipinski definition) is 4. The first-order valence-corrected chi connectivity index (χ1v) is 8.99. The van der Waals surface area contributed by atoms with Crippen LogP contribution in [0.2, 0.25) is 0 Å². The second-order valence-corrected chi connectivity index (χ2v) is 6.98. The van der Waals surface area contributed by atoms with Crippen molar-refractivity contribution >= 4 is 18.0 Å². The minimum atomic E-state index is -0.550. The summed E-state index contributed by atoms with van der Waals surface area (Å²) in [4.78, 5) is 6.55. The molecule has 0 amide bonds. The molecule has 0 spiro atoms. The average molecular weight is 340 g/mol. The van der Waals surface area contributed by atoms with Crippen molar-refractivity contribution in [1.82, 2.24) is 4.90 Å². The first kappa shape index (κ1) is 17.9. The Kier molecular flexibility index (Phi) is 5.40. The highest BCUT2D eigenvalue weighted by atomic mass is 16.5. The van der Waals surface area contributed by atoms with E-state index in [9.17, 15) is 5.11 Å². The van der Waals surface area contributed by atoms with Crippen LogP contribution in [0.25, 0.3) is 5.57 Å². The van der Waals surface area contributed by atoms with E-state index in [0.29, 0.717) is 11.8 Å². The SMILES string of the molecule is C=CC1CN2CCC1CC2[C@H](O)/C(=C/C)c1cc(OC)ccc1N=C. The number of rotatable bonds is 6. The third kappa shape index (κ3) is 3.29. The number of aliphatic imine (C=N–C) groups is 1. The highest BCUT2D eigenvalue weighted by Gasteiger charge is 2.42. The maximum atomic E-state index is 11.2. The summed E-state index contributed by atoms with van der Waals surface area (Å²) < 4.78 is 5.36. The molecular weight excluding hydrogens is 312 g/mol. The summed E-state index contributed by atoms with van der Waals surface area (Å²) >= 11 is 0. The van der Waals surface area contributed by atoms with E-state index >= 15 is 0 Å². The number of piperidine rings is 3. The molecule has 4 heteroatoms. The molecule has 0 radical (unpaired) electrons. The van der Waals surface area contributed by atoms with Gasteiger partial charge in [0.05, 0.1) is 18.9 Å². The lowest BCUT2D eigenvalue weighted by atomic mass is 9.73. The Labute approximate surface area is 150 Å². The molecule has 4 rings (SSSR count). The van der Waals surface area contributed by atoms with Crippen LogP contribution in [0.15, 0.2) is 41.9 Å². The van der Waals surface area contributed by atoms with E-state index in [1.54, 1.807) is 7.11 Å². The van der Waals surface area contributed by atoms with Crippen molar-refractivity contribution in [2.45, 2.75) is 31.9 Å². The fourth-order valence-electron chi connectivity index (χ4n) is 4.41. The number of aliphatic hydroxyl groups excluding tert-OH is 1. The van der Waals surface area contributed by atoms with E-state index in [1.165, 1.54) is 6.42 Å². The van der Waals surface area contributed by atoms with Crippen molar-refractivity contribution in [3.8, 4) is 5.75 Å². The van der Waals surface area contributed by atoms with E-state index in [4.69, 9.17) is 4.74 Å². The monoisotopic (exact) mass is 340 g/mol. The van der Waals surface area contributed by atoms with Gasteiger partial charge >= 0.3 is 0 Å². The predicted octanol–water partition coefficient (Wildman–Crippen LogP) is 3.69. The Morgan fingerprint density at radius 3 is 2.84 bits per heavy atom. The number of benzene rings is 1. The van der Waals surface area contributed by atoms with Gasteiger partial charge in [-0.3, -0.25) is 9.89 Å². The van der Waals surface area contributed by atoms with Crippen LogP contribution >= 0.6 is 0 Å². The standard InChI is InChI=1S/C21H28N2O2/c1-5-14-13-23-10-9-15(14)11-20(23)21(24)17(6-2)18-12-16(25-4)7-8-19(18)22-3/h5-8,12,14-15,20-21,24H,1,3,9-11,13H2,2,4H3/b17-6+/t14?,15?,20?,21-/m1/s1. The van der Waals surface area contributed by atoms with Crippen LogP contribution in [0, 0.1) is 11.8 Å². The highest BCUT2D eigenvalue weighted by molar-refractivity contribution is 5.79. The average Bonchev–Trinajstić information content (AvgIpc) is 2.68. The highest BCUT2D eigenvalue weighted by Crippen LogP contribution is 2.41. The predicted molar refractivity (Wildman–Crippen MR) is 104 cm³/mol. The molecule has 2 bridgehead atoms. The molecule has 4 nitrogen and oxygen atoms in total. The molecule has 1 aromatic rings. The molecule has 25 heavy (non-hydrogen) atoms. The Morgan fingerprint density at radius 1 is 1.48 bits per heavy atom. The van der Waals surface area contributed by atoms with Gasteiger partial charge < -0.3 is 9.84 Å². The molecule has 3 fully saturated rings. The number of hydrogen-bond donors (Lipinski definition) is 1. The normalized spacial score (nSPS) is 30.0. The largest absolute Gasteiger partial charge is 0.497 e. The number of methoxy groups -OCH3 is 1. The summed E-state index contributed by atoms with van der Waals surface area (Å²) in [5, 5.41) is 11.2. The molecule has 1 N–H and O–H groups in total. The third-order valence-electron chi connectivity index (χ3n) is 5.83. The molecule has 0 saturated carbocycles. The van der Waals surface area contributed by atoms with Gasteiger partial charge in [-0.1, -0.05) is 12.2 Å². The summed E-state index contributed by atoms with van der Waals surface area (Å²) in [6.45, 7) is 11.7. The molecule has 3 saturated heterocycles. The lowest BCUT2D eigenvalue weighted by molar-refractivity contribution is -0.0254. The van der Waals surface area contributed by atoms with Crippen molar-refractivity contribution in [3.63, 3.8) is 0 Å². The zero-order valence-corrected chi connectivity index (χ0v) is 15.2. The molecule has 0 aromatic heterocycles. The number of aliphatic hydroxyl groups is 1. The maximum absolute atomic E-state index is 11.2. The maximum Gasteiger partial charge on any atom is 0.119 e. The quantitative estimate of drug-likeness (QED) is 0.634. The summed E-state index contributed by atoms with van der Waals surface area (Å²) in [6.07, 6.45) is 5.73. The van der Waals surface area contributed by atoms with Gasteiger partial charge in [0, 0.05) is 18.2 Å². The molecule has 134 valence electrons. The minimum Gasteiger partial charge on any atom is -0.497 e. The van der Waals surface area contributed by atoms with Gasteiger partial charge in [-0.05, 0) is 68.6 Å². The van der Waals surface area contributed by atoms with E-state index < -0.39 is 6.10 Å². The molecule has 0 aliphatic carbocycles. The summed E-state index contributed by atoms with van der Waals surface area (Å²) in [5.41, 5.74) is 2.56. The molecule has 4 unspecified atom stereocenters. The van der Waals surface area contributed by atoms with Crippen molar-refractivity contribution in [3.05, 3.63) is 42.5 Å². The van der Waals surface area contributed by atoms with Gasteiger partial charge in [-0.15, -0.1) is 6.58 Å². The first-order chi connectivity index (χ1) is 12.1. The van der Waals surface area contributed by atoms with Crippen LogP contribution < -0.4 is 4.74 Å². The Bertz CT molecular complexity index is 682. The summed E-state index contributed by atoms with van der Waals surface area (Å²) in [5.74, 6) is 1.93. The molecule has 5 atom stereocenters. The zero-order valence-electron chi connectivity index (χ0n) is 15.2. The Morgan fingerprint density at radius 2 is 2.28 bits per heavy atom. The van der Waals surface area contributed by atoms with Gasteiger partial charge in [-0.25, -0.2) is 0 Å². The fraction of sp³-hybridized carbons (Fsp3) is 0.476. The number of fused-ring (bicyclic) bond motifs is 3. The van der Waals surface area contributed by atoms with Crippen molar-refractivity contribution in [2.24, 2.45) is 16.8 Å². The van der Waals surface area contributed by atoms with Crippen molar-refractivity contribution in [2.75, 3.05) is 20.2 Å². The van der Waals surface area contributed by atoms with Gasteiger partial charge in [0.1, 0.15) is 5.75 Å². The van der Waals surface area contributed by atoms with Gasteiger partial charge in [-0.2, -0.15) is 0 Å². The van der Waals surface area contributed by atoms with Gasteiger partial charge in [0.2, 0.25) is 0 Å². The number of ether oxygens (including phenoxy) is 1. The van der Waals surface area contributed by atoms with Crippen molar-refractivity contribution in [1.29, 1.82) is 0 Å². The molecule has 1 aromatic carbocycles. The fourth-order valence-corrected chi connectivity index (χ4v) is 4.41. The topological polar surface area (TPSA) is 45.1 Å².